The Bertz CT molecular complexity index is 667. The lowest BCUT2D eigenvalue weighted by Crippen LogP contribution is -2.32. The third-order valence-electron chi connectivity index (χ3n) is 3.80. The summed E-state index contributed by atoms with van der Waals surface area (Å²) in [6.07, 6.45) is 4.77. The van der Waals surface area contributed by atoms with Gasteiger partial charge in [-0.05, 0) is 37.1 Å². The summed E-state index contributed by atoms with van der Waals surface area (Å²) in [5, 5.41) is 9.87. The molecule has 128 valence electrons. The maximum atomic E-state index is 12.1. The molecule has 2 rings (SSSR count). The number of carbonyl (C=O) groups is 2. The van der Waals surface area contributed by atoms with Crippen LogP contribution in [0.25, 0.3) is 0 Å². The molecule has 0 saturated carbocycles. The molecule has 0 radical (unpaired) electrons. The SMILES string of the molecule is CC[C@H](C)NC(=O)c1cccc(CNC(=O)CCn2cccn2)c1. The first kappa shape index (κ1) is 17.7. The van der Waals surface area contributed by atoms with E-state index in [4.69, 9.17) is 0 Å². The molecule has 6 nitrogen and oxygen atoms in total. The molecule has 24 heavy (non-hydrogen) atoms. The van der Waals surface area contributed by atoms with E-state index in [1.165, 1.54) is 0 Å². The Morgan fingerprint density at radius 1 is 1.29 bits per heavy atom. The molecule has 0 bridgehead atoms. The van der Waals surface area contributed by atoms with Crippen LogP contribution in [0.1, 0.15) is 42.6 Å². The van der Waals surface area contributed by atoms with Crippen molar-refractivity contribution < 1.29 is 9.59 Å². The van der Waals surface area contributed by atoms with E-state index in [2.05, 4.69) is 15.7 Å². The van der Waals surface area contributed by atoms with Gasteiger partial charge < -0.3 is 10.6 Å². The quantitative estimate of drug-likeness (QED) is 0.779. The fourth-order valence-corrected chi connectivity index (χ4v) is 2.17. The molecule has 0 spiro atoms. The number of carbonyl (C=O) groups excluding carboxylic acids is 2. The Hall–Kier alpha value is -2.63. The van der Waals surface area contributed by atoms with E-state index in [-0.39, 0.29) is 17.9 Å². The monoisotopic (exact) mass is 328 g/mol. The van der Waals surface area contributed by atoms with Crippen LogP contribution < -0.4 is 10.6 Å². The van der Waals surface area contributed by atoms with Gasteiger partial charge in [-0.2, -0.15) is 5.10 Å². The molecule has 6 heteroatoms. The molecule has 1 heterocycles. The molecule has 0 aliphatic heterocycles. The minimum Gasteiger partial charge on any atom is -0.352 e. The first-order valence-electron chi connectivity index (χ1n) is 8.22. The van der Waals surface area contributed by atoms with Crippen LogP contribution in [-0.4, -0.2) is 27.6 Å². The van der Waals surface area contributed by atoms with Crippen LogP contribution in [-0.2, 0) is 17.9 Å². The van der Waals surface area contributed by atoms with Gasteiger partial charge in [0.1, 0.15) is 0 Å². The number of aromatic nitrogens is 2. The highest BCUT2D eigenvalue weighted by atomic mass is 16.2. The van der Waals surface area contributed by atoms with Gasteiger partial charge in [0.2, 0.25) is 5.91 Å². The third-order valence-corrected chi connectivity index (χ3v) is 3.80. The lowest BCUT2D eigenvalue weighted by atomic mass is 10.1. The zero-order valence-corrected chi connectivity index (χ0v) is 14.2. The summed E-state index contributed by atoms with van der Waals surface area (Å²) >= 11 is 0. The lowest BCUT2D eigenvalue weighted by molar-refractivity contribution is -0.121. The van der Waals surface area contributed by atoms with Crippen LogP contribution in [0.3, 0.4) is 0 Å². The number of nitrogens with one attached hydrogen (secondary N) is 2. The van der Waals surface area contributed by atoms with Crippen molar-refractivity contribution in [3.05, 3.63) is 53.9 Å². The summed E-state index contributed by atoms with van der Waals surface area (Å²) < 4.78 is 1.72. The first-order valence-corrected chi connectivity index (χ1v) is 8.22. The van der Waals surface area contributed by atoms with E-state index in [9.17, 15) is 9.59 Å². The Morgan fingerprint density at radius 2 is 2.12 bits per heavy atom. The van der Waals surface area contributed by atoms with Crippen LogP contribution in [0.15, 0.2) is 42.7 Å². The van der Waals surface area contributed by atoms with Crippen molar-refractivity contribution in [3.63, 3.8) is 0 Å². The van der Waals surface area contributed by atoms with E-state index < -0.39 is 0 Å². The zero-order chi connectivity index (χ0) is 17.4. The van der Waals surface area contributed by atoms with Crippen LogP contribution in [0.5, 0.6) is 0 Å². The minimum atomic E-state index is -0.0868. The highest BCUT2D eigenvalue weighted by Gasteiger charge is 2.09. The fourth-order valence-electron chi connectivity index (χ4n) is 2.17. The molecular weight excluding hydrogens is 304 g/mol. The average Bonchev–Trinajstić information content (AvgIpc) is 3.11. The molecule has 1 aromatic carbocycles. The number of rotatable bonds is 8. The van der Waals surface area contributed by atoms with Gasteiger partial charge in [0, 0.05) is 43.5 Å². The van der Waals surface area contributed by atoms with Crippen molar-refractivity contribution in [1.29, 1.82) is 0 Å². The zero-order valence-electron chi connectivity index (χ0n) is 14.2. The van der Waals surface area contributed by atoms with Crippen molar-refractivity contribution in [2.24, 2.45) is 0 Å². The van der Waals surface area contributed by atoms with Crippen molar-refractivity contribution in [2.45, 2.75) is 45.8 Å². The van der Waals surface area contributed by atoms with Crippen LogP contribution in [0.2, 0.25) is 0 Å². The maximum absolute atomic E-state index is 12.1. The molecule has 0 fully saturated rings. The molecule has 1 atom stereocenters. The second-order valence-corrected chi connectivity index (χ2v) is 5.78. The molecular formula is C18H24N4O2. The number of hydrogen-bond acceptors (Lipinski definition) is 3. The lowest BCUT2D eigenvalue weighted by Gasteiger charge is -2.12. The van der Waals surface area contributed by atoms with Crippen LogP contribution in [0.4, 0.5) is 0 Å². The van der Waals surface area contributed by atoms with Gasteiger partial charge in [0.25, 0.3) is 5.91 Å². The summed E-state index contributed by atoms with van der Waals surface area (Å²) in [5.41, 5.74) is 1.51. The average molecular weight is 328 g/mol. The smallest absolute Gasteiger partial charge is 0.251 e. The van der Waals surface area contributed by atoms with Gasteiger partial charge in [-0.15, -0.1) is 0 Å². The summed E-state index contributed by atoms with van der Waals surface area (Å²) in [6, 6.07) is 9.29. The van der Waals surface area contributed by atoms with Gasteiger partial charge in [0.05, 0.1) is 0 Å². The van der Waals surface area contributed by atoms with E-state index in [0.717, 1.165) is 12.0 Å². The van der Waals surface area contributed by atoms with E-state index in [1.54, 1.807) is 16.9 Å². The molecule has 1 aromatic heterocycles. The number of benzene rings is 1. The summed E-state index contributed by atoms with van der Waals surface area (Å²) in [5.74, 6) is -0.129. The van der Waals surface area contributed by atoms with Gasteiger partial charge in [-0.1, -0.05) is 19.1 Å². The predicted octanol–water partition coefficient (Wildman–Crippen LogP) is 2.12. The second-order valence-electron chi connectivity index (χ2n) is 5.78. The number of nitrogens with zero attached hydrogens (tertiary/aromatic N) is 2. The Labute approximate surface area is 142 Å². The van der Waals surface area contributed by atoms with Crippen molar-refractivity contribution in [2.75, 3.05) is 0 Å². The molecule has 0 aliphatic carbocycles. The predicted molar refractivity (Wildman–Crippen MR) is 92.4 cm³/mol. The normalized spacial score (nSPS) is 11.8. The first-order chi connectivity index (χ1) is 11.6. The number of aryl methyl sites for hydroxylation is 1. The van der Waals surface area contributed by atoms with E-state index >= 15 is 0 Å². The van der Waals surface area contributed by atoms with Gasteiger partial charge >= 0.3 is 0 Å². The second kappa shape index (κ2) is 8.86. The van der Waals surface area contributed by atoms with E-state index in [0.29, 0.717) is 25.1 Å². The Kier molecular flexibility index (Phi) is 6.54. The van der Waals surface area contributed by atoms with Crippen molar-refractivity contribution >= 4 is 11.8 Å². The number of hydrogen-bond donors (Lipinski definition) is 2. The largest absolute Gasteiger partial charge is 0.352 e. The van der Waals surface area contributed by atoms with Gasteiger partial charge in [-0.25, -0.2) is 0 Å². The molecule has 0 aliphatic rings. The van der Waals surface area contributed by atoms with Gasteiger partial charge in [-0.3, -0.25) is 14.3 Å². The summed E-state index contributed by atoms with van der Waals surface area (Å²) in [7, 11) is 0. The van der Waals surface area contributed by atoms with E-state index in [1.807, 2.05) is 44.3 Å². The topological polar surface area (TPSA) is 76.0 Å². The minimum absolute atomic E-state index is 0.0417. The maximum Gasteiger partial charge on any atom is 0.251 e. The van der Waals surface area contributed by atoms with Crippen LogP contribution >= 0.6 is 0 Å². The molecule has 0 unspecified atom stereocenters. The molecule has 2 aromatic rings. The summed E-state index contributed by atoms with van der Waals surface area (Å²) in [6.45, 7) is 4.96. The standard InChI is InChI=1S/C18H24N4O2/c1-3-14(2)21-18(24)16-7-4-6-15(12-16)13-19-17(23)8-11-22-10-5-9-20-22/h4-7,9-10,12,14H,3,8,11,13H2,1-2H3,(H,19,23)(H,21,24)/t14-/m0/s1. The molecule has 2 N–H and O–H groups in total. The summed E-state index contributed by atoms with van der Waals surface area (Å²) in [4.78, 5) is 24.0. The van der Waals surface area contributed by atoms with Crippen LogP contribution in [0, 0.1) is 0 Å². The highest BCUT2D eigenvalue weighted by Crippen LogP contribution is 2.06. The molecule has 2 amide bonds. The fraction of sp³-hybridized carbons (Fsp3) is 0.389. The Balaban J connectivity index is 1.83. The molecule has 0 saturated heterocycles. The highest BCUT2D eigenvalue weighted by molar-refractivity contribution is 5.94. The third kappa shape index (κ3) is 5.53. The van der Waals surface area contributed by atoms with Crippen molar-refractivity contribution in [1.82, 2.24) is 20.4 Å². The number of amides is 2. The Morgan fingerprint density at radius 3 is 2.83 bits per heavy atom. The van der Waals surface area contributed by atoms with Crippen molar-refractivity contribution in [3.8, 4) is 0 Å². The van der Waals surface area contributed by atoms with Gasteiger partial charge in [0.15, 0.2) is 0 Å².